The summed E-state index contributed by atoms with van der Waals surface area (Å²) in [6.45, 7) is 0. The molecule has 1 N–H and O–H groups in total. The fraction of sp³-hybridized carbons (Fsp3) is 0.333. The highest BCUT2D eigenvalue weighted by molar-refractivity contribution is 8.00. The Morgan fingerprint density at radius 3 is 2.43 bits per heavy atom. The zero-order valence-electron chi connectivity index (χ0n) is 12.9. The normalized spacial score (nSPS) is 14.8. The van der Waals surface area contributed by atoms with E-state index in [2.05, 4.69) is 22.4 Å². The Bertz CT molecular complexity index is 625. The van der Waals surface area contributed by atoms with Gasteiger partial charge in [0, 0.05) is 33.1 Å². The van der Waals surface area contributed by atoms with Crippen molar-refractivity contribution in [2.24, 2.45) is 0 Å². The molecule has 3 nitrogen and oxygen atoms in total. The Kier molecular flexibility index (Phi) is 6.00. The van der Waals surface area contributed by atoms with E-state index in [-0.39, 0.29) is 5.91 Å². The van der Waals surface area contributed by atoms with Crippen molar-refractivity contribution < 1.29 is 4.79 Å². The highest BCUT2D eigenvalue weighted by Gasteiger charge is 2.15. The van der Waals surface area contributed by atoms with E-state index in [1.807, 2.05) is 36.0 Å². The molecule has 120 valence electrons. The smallest absolute Gasteiger partial charge is 0.234 e. The molecule has 0 atom stereocenters. The van der Waals surface area contributed by atoms with Gasteiger partial charge in [-0.05, 0) is 49.2 Å². The number of rotatable bonds is 6. The number of nitrogens with one attached hydrogen (secondary N) is 1. The molecule has 1 aromatic carbocycles. The SMILES string of the molecule is O=C(CSc1ccncc1)Nc1ccc(SC2CCCC2)cc1. The van der Waals surface area contributed by atoms with Crippen LogP contribution in [0.3, 0.4) is 0 Å². The minimum atomic E-state index is 0.0167. The zero-order valence-corrected chi connectivity index (χ0v) is 14.5. The number of benzene rings is 1. The fourth-order valence-electron chi connectivity index (χ4n) is 2.60. The van der Waals surface area contributed by atoms with Gasteiger partial charge < -0.3 is 5.32 Å². The van der Waals surface area contributed by atoms with E-state index in [1.54, 1.807) is 12.4 Å². The molecule has 23 heavy (non-hydrogen) atoms. The molecule has 0 unspecified atom stereocenters. The van der Waals surface area contributed by atoms with Crippen LogP contribution in [0.15, 0.2) is 58.6 Å². The molecule has 1 heterocycles. The molecule has 0 spiro atoms. The fourth-order valence-corrected chi connectivity index (χ4v) is 4.53. The van der Waals surface area contributed by atoms with Crippen LogP contribution in [0.2, 0.25) is 0 Å². The number of thioether (sulfide) groups is 2. The second kappa shape index (κ2) is 8.41. The van der Waals surface area contributed by atoms with Gasteiger partial charge in [-0.1, -0.05) is 12.8 Å². The molecule has 2 aromatic rings. The standard InChI is InChI=1S/C18H20N2OS2/c21-18(13-22-15-9-11-19-12-10-15)20-14-5-7-17(8-6-14)23-16-3-1-2-4-16/h5-12,16H,1-4,13H2,(H,20,21). The molecule has 5 heteroatoms. The van der Waals surface area contributed by atoms with Crippen LogP contribution >= 0.6 is 23.5 Å². The van der Waals surface area contributed by atoms with Crippen molar-refractivity contribution in [1.29, 1.82) is 0 Å². The number of aromatic nitrogens is 1. The maximum absolute atomic E-state index is 12.0. The van der Waals surface area contributed by atoms with Gasteiger partial charge in [-0.15, -0.1) is 23.5 Å². The average Bonchev–Trinajstić information content (AvgIpc) is 3.09. The molecule has 0 aliphatic heterocycles. The van der Waals surface area contributed by atoms with Crippen LogP contribution in [0.5, 0.6) is 0 Å². The summed E-state index contributed by atoms with van der Waals surface area (Å²) in [5, 5.41) is 3.72. The monoisotopic (exact) mass is 344 g/mol. The summed E-state index contributed by atoms with van der Waals surface area (Å²) in [5.41, 5.74) is 0.862. The molecule has 3 rings (SSSR count). The third-order valence-corrected chi connectivity index (χ3v) is 6.12. The van der Waals surface area contributed by atoms with Crippen molar-refractivity contribution in [3.63, 3.8) is 0 Å². The summed E-state index contributed by atoms with van der Waals surface area (Å²) in [4.78, 5) is 18.3. The molecule has 0 bridgehead atoms. The third kappa shape index (κ3) is 5.29. The Morgan fingerprint density at radius 2 is 1.74 bits per heavy atom. The number of anilines is 1. The Morgan fingerprint density at radius 1 is 1.04 bits per heavy atom. The van der Waals surface area contributed by atoms with E-state index in [0.29, 0.717) is 5.75 Å². The predicted molar refractivity (Wildman–Crippen MR) is 98.1 cm³/mol. The summed E-state index contributed by atoms with van der Waals surface area (Å²) in [5.74, 6) is 0.422. The van der Waals surface area contributed by atoms with Gasteiger partial charge in [0.15, 0.2) is 0 Å². The van der Waals surface area contributed by atoms with Crippen molar-refractivity contribution in [2.75, 3.05) is 11.1 Å². The van der Waals surface area contributed by atoms with Crippen LogP contribution in [0.1, 0.15) is 25.7 Å². The van der Waals surface area contributed by atoms with E-state index >= 15 is 0 Å². The maximum Gasteiger partial charge on any atom is 0.234 e. The Balaban J connectivity index is 1.46. The molecule has 1 aliphatic rings. The van der Waals surface area contributed by atoms with Gasteiger partial charge in [0.25, 0.3) is 0 Å². The average molecular weight is 345 g/mol. The molecule has 1 amide bonds. The topological polar surface area (TPSA) is 42.0 Å². The van der Waals surface area contributed by atoms with Crippen LogP contribution in [0.4, 0.5) is 5.69 Å². The van der Waals surface area contributed by atoms with Gasteiger partial charge in [-0.2, -0.15) is 0 Å². The van der Waals surface area contributed by atoms with Crippen molar-refractivity contribution in [3.05, 3.63) is 48.8 Å². The highest BCUT2D eigenvalue weighted by atomic mass is 32.2. The minimum absolute atomic E-state index is 0.0167. The van der Waals surface area contributed by atoms with Crippen molar-refractivity contribution >= 4 is 35.1 Å². The van der Waals surface area contributed by atoms with E-state index in [0.717, 1.165) is 15.8 Å². The van der Waals surface area contributed by atoms with Gasteiger partial charge in [-0.3, -0.25) is 9.78 Å². The highest BCUT2D eigenvalue weighted by Crippen LogP contribution is 2.34. The minimum Gasteiger partial charge on any atom is -0.325 e. The van der Waals surface area contributed by atoms with Gasteiger partial charge in [0.05, 0.1) is 5.75 Å². The third-order valence-electron chi connectivity index (χ3n) is 3.76. The van der Waals surface area contributed by atoms with Crippen LogP contribution in [-0.2, 0) is 4.79 Å². The first-order valence-corrected chi connectivity index (χ1v) is 9.75. The van der Waals surface area contributed by atoms with Crippen LogP contribution in [0.25, 0.3) is 0 Å². The maximum atomic E-state index is 12.0. The lowest BCUT2D eigenvalue weighted by Crippen LogP contribution is -2.13. The Hall–Kier alpha value is -1.46. The first-order valence-electron chi connectivity index (χ1n) is 7.89. The molecule has 1 aliphatic carbocycles. The number of pyridine rings is 1. The first-order chi connectivity index (χ1) is 11.3. The summed E-state index contributed by atoms with van der Waals surface area (Å²) >= 11 is 3.48. The lowest BCUT2D eigenvalue weighted by molar-refractivity contribution is -0.113. The molecule has 1 aromatic heterocycles. The van der Waals surface area contributed by atoms with Crippen LogP contribution in [-0.4, -0.2) is 21.9 Å². The van der Waals surface area contributed by atoms with E-state index < -0.39 is 0 Å². The second-order valence-corrected chi connectivity index (χ2v) is 7.99. The van der Waals surface area contributed by atoms with Crippen molar-refractivity contribution in [2.45, 2.75) is 40.7 Å². The molecular formula is C18H20N2OS2. The largest absolute Gasteiger partial charge is 0.325 e. The van der Waals surface area contributed by atoms with Gasteiger partial charge in [0.1, 0.15) is 0 Å². The van der Waals surface area contributed by atoms with Crippen LogP contribution in [0, 0.1) is 0 Å². The number of nitrogens with zero attached hydrogens (tertiary/aromatic N) is 1. The number of carbonyl (C=O) groups is 1. The summed E-state index contributed by atoms with van der Waals surface area (Å²) < 4.78 is 0. The number of carbonyl (C=O) groups excluding carboxylic acids is 1. The molecule has 0 saturated heterocycles. The first kappa shape index (κ1) is 16.4. The molecule has 1 saturated carbocycles. The number of hydrogen-bond donors (Lipinski definition) is 1. The van der Waals surface area contributed by atoms with Crippen molar-refractivity contribution in [3.8, 4) is 0 Å². The van der Waals surface area contributed by atoms with E-state index in [4.69, 9.17) is 0 Å². The summed E-state index contributed by atoms with van der Waals surface area (Å²) in [6.07, 6.45) is 8.86. The molecular weight excluding hydrogens is 324 g/mol. The van der Waals surface area contributed by atoms with Gasteiger partial charge >= 0.3 is 0 Å². The quantitative estimate of drug-likeness (QED) is 0.761. The zero-order chi connectivity index (χ0) is 15.9. The summed E-state index contributed by atoms with van der Waals surface area (Å²) in [7, 11) is 0. The predicted octanol–water partition coefficient (Wildman–Crippen LogP) is 4.85. The van der Waals surface area contributed by atoms with Gasteiger partial charge in [0.2, 0.25) is 5.91 Å². The van der Waals surface area contributed by atoms with E-state index in [1.165, 1.54) is 42.3 Å². The lowest BCUT2D eigenvalue weighted by atomic mass is 10.3. The van der Waals surface area contributed by atoms with Gasteiger partial charge in [-0.25, -0.2) is 0 Å². The van der Waals surface area contributed by atoms with E-state index in [9.17, 15) is 4.79 Å². The second-order valence-electron chi connectivity index (χ2n) is 5.57. The van der Waals surface area contributed by atoms with Crippen molar-refractivity contribution in [1.82, 2.24) is 4.98 Å². The number of amides is 1. The number of hydrogen-bond acceptors (Lipinski definition) is 4. The summed E-state index contributed by atoms with van der Waals surface area (Å²) in [6, 6.07) is 12.0. The Labute approximate surface area is 145 Å². The molecule has 0 radical (unpaired) electrons. The molecule has 1 fully saturated rings. The lowest BCUT2D eigenvalue weighted by Gasteiger charge is -2.10. The van der Waals surface area contributed by atoms with Crippen LogP contribution < -0.4 is 5.32 Å².